The molecule has 0 radical (unpaired) electrons. The maximum Gasteiger partial charge on any atom is 0.243 e. The average Bonchev–Trinajstić information content (AvgIpc) is 2.88. The zero-order valence-electron chi connectivity index (χ0n) is 13.9. The van der Waals surface area contributed by atoms with Crippen LogP contribution >= 0.6 is 11.6 Å². The van der Waals surface area contributed by atoms with Crippen LogP contribution in [-0.4, -0.2) is 25.8 Å². The minimum Gasteiger partial charge on any atom is -0.364 e. The van der Waals surface area contributed by atoms with Gasteiger partial charge in [-0.05, 0) is 56.0 Å². The van der Waals surface area contributed by atoms with Crippen LogP contribution < -0.4 is 5.32 Å². The van der Waals surface area contributed by atoms with Crippen LogP contribution in [0, 0.1) is 12.7 Å². The van der Waals surface area contributed by atoms with Gasteiger partial charge in [0.15, 0.2) is 5.82 Å². The van der Waals surface area contributed by atoms with Gasteiger partial charge >= 0.3 is 0 Å². The van der Waals surface area contributed by atoms with E-state index in [1.165, 1.54) is 13.1 Å². The molecule has 0 aliphatic rings. The number of rotatable bonds is 6. The Kier molecular flexibility index (Phi) is 5.13. The summed E-state index contributed by atoms with van der Waals surface area (Å²) >= 11 is 6.02. The first-order valence-electron chi connectivity index (χ1n) is 7.96. The molecule has 3 aromatic heterocycles. The van der Waals surface area contributed by atoms with E-state index in [1.807, 2.05) is 13.0 Å². The first-order valence-corrected chi connectivity index (χ1v) is 8.34. The van der Waals surface area contributed by atoms with Gasteiger partial charge in [0.25, 0.3) is 0 Å². The van der Waals surface area contributed by atoms with Crippen molar-refractivity contribution in [2.24, 2.45) is 0 Å². The normalized spacial score (nSPS) is 12.5. The van der Waals surface area contributed by atoms with E-state index in [1.54, 1.807) is 10.6 Å². The van der Waals surface area contributed by atoms with E-state index >= 15 is 0 Å². The lowest BCUT2D eigenvalue weighted by atomic mass is 10.1. The Morgan fingerprint density at radius 3 is 2.88 bits per heavy atom. The van der Waals surface area contributed by atoms with E-state index in [0.717, 1.165) is 23.0 Å². The maximum absolute atomic E-state index is 13.7. The lowest BCUT2D eigenvalue weighted by Crippen LogP contribution is -2.07. The van der Waals surface area contributed by atoms with Crippen molar-refractivity contribution in [3.05, 3.63) is 52.4 Å². The zero-order chi connectivity index (χ0) is 18.0. The highest BCUT2D eigenvalue weighted by Gasteiger charge is 2.14. The number of anilines is 1. The molecule has 132 valence electrons. The molecule has 0 spiro atoms. The summed E-state index contributed by atoms with van der Waals surface area (Å²) in [5.41, 5.74) is 3.06. The summed E-state index contributed by atoms with van der Waals surface area (Å²) in [6.07, 6.45) is 2.86. The molecular weight excluding hydrogens is 348 g/mol. The second-order valence-electron chi connectivity index (χ2n) is 5.92. The molecule has 3 aromatic rings. The Bertz CT molecular complexity index is 894. The molecule has 5 nitrogen and oxygen atoms in total. The SMILES string of the molecule is Cc1c(CCC(C)F)cc2c(NCc3ccncc3F)nc(Cl)nn12. The quantitative estimate of drug-likeness (QED) is 0.713. The fourth-order valence-corrected chi connectivity index (χ4v) is 2.82. The van der Waals surface area contributed by atoms with Crippen LogP contribution in [0.15, 0.2) is 24.5 Å². The minimum absolute atomic E-state index is 0.0781. The molecule has 0 aromatic carbocycles. The standard InChI is InChI=1S/C17H18ClF2N5/c1-10(19)3-4-12-7-15-16(23-17(18)24-25(15)11(12)2)22-8-13-5-6-21-9-14(13)20/h5-7,9-10H,3-4,8H2,1-2H3,(H,22,23,24). The highest BCUT2D eigenvalue weighted by atomic mass is 35.5. The molecule has 1 N–H and O–H groups in total. The molecule has 0 fully saturated rings. The lowest BCUT2D eigenvalue weighted by molar-refractivity contribution is 0.341. The van der Waals surface area contributed by atoms with E-state index in [-0.39, 0.29) is 11.8 Å². The minimum atomic E-state index is -0.871. The van der Waals surface area contributed by atoms with Crippen molar-refractivity contribution < 1.29 is 8.78 Å². The fraction of sp³-hybridized carbons (Fsp3) is 0.353. The second kappa shape index (κ2) is 7.31. The second-order valence-corrected chi connectivity index (χ2v) is 6.26. The fourth-order valence-electron chi connectivity index (χ4n) is 2.66. The number of aryl methyl sites for hydroxylation is 2. The van der Waals surface area contributed by atoms with Gasteiger partial charge in [-0.3, -0.25) is 4.98 Å². The average molecular weight is 366 g/mol. The van der Waals surface area contributed by atoms with Crippen molar-refractivity contribution in [1.82, 2.24) is 19.6 Å². The van der Waals surface area contributed by atoms with Crippen LogP contribution in [0.2, 0.25) is 5.28 Å². The highest BCUT2D eigenvalue weighted by molar-refractivity contribution is 6.28. The summed E-state index contributed by atoms with van der Waals surface area (Å²) in [6.45, 7) is 3.68. The summed E-state index contributed by atoms with van der Waals surface area (Å²) < 4.78 is 28.6. The van der Waals surface area contributed by atoms with E-state index in [4.69, 9.17) is 11.6 Å². The molecule has 3 rings (SSSR count). The van der Waals surface area contributed by atoms with Crippen molar-refractivity contribution in [1.29, 1.82) is 0 Å². The topological polar surface area (TPSA) is 55.1 Å². The number of pyridine rings is 1. The van der Waals surface area contributed by atoms with Crippen LogP contribution in [0.5, 0.6) is 0 Å². The number of hydrogen-bond donors (Lipinski definition) is 1. The Balaban J connectivity index is 1.92. The Hall–Kier alpha value is -2.28. The first kappa shape index (κ1) is 17.5. The van der Waals surface area contributed by atoms with Crippen molar-refractivity contribution in [2.45, 2.75) is 39.4 Å². The van der Waals surface area contributed by atoms with Crippen molar-refractivity contribution in [2.75, 3.05) is 5.32 Å². The van der Waals surface area contributed by atoms with Crippen LogP contribution in [0.25, 0.3) is 5.52 Å². The molecule has 8 heteroatoms. The molecule has 0 bridgehead atoms. The summed E-state index contributed by atoms with van der Waals surface area (Å²) in [7, 11) is 0. The van der Waals surface area contributed by atoms with Crippen molar-refractivity contribution >= 4 is 22.9 Å². The van der Waals surface area contributed by atoms with Gasteiger partial charge in [0.05, 0.1) is 12.4 Å². The first-order chi connectivity index (χ1) is 12.0. The Labute approximate surface area is 149 Å². The van der Waals surface area contributed by atoms with Gasteiger partial charge in [0, 0.05) is 24.0 Å². The van der Waals surface area contributed by atoms with Gasteiger partial charge in [-0.15, -0.1) is 5.10 Å². The molecule has 0 aliphatic carbocycles. The van der Waals surface area contributed by atoms with Crippen LogP contribution in [-0.2, 0) is 13.0 Å². The monoisotopic (exact) mass is 365 g/mol. The number of fused-ring (bicyclic) bond motifs is 1. The third-order valence-corrected chi connectivity index (χ3v) is 4.23. The summed E-state index contributed by atoms with van der Waals surface area (Å²) in [6, 6.07) is 3.51. The number of nitrogens with zero attached hydrogens (tertiary/aromatic N) is 4. The zero-order valence-corrected chi connectivity index (χ0v) is 14.7. The summed E-state index contributed by atoms with van der Waals surface area (Å²) in [5, 5.41) is 7.38. The Morgan fingerprint density at radius 1 is 1.36 bits per heavy atom. The lowest BCUT2D eigenvalue weighted by Gasteiger charge is -2.08. The van der Waals surface area contributed by atoms with Gasteiger partial charge in [0.2, 0.25) is 5.28 Å². The number of alkyl halides is 1. The van der Waals surface area contributed by atoms with Gasteiger partial charge < -0.3 is 5.32 Å². The molecule has 0 saturated carbocycles. The van der Waals surface area contributed by atoms with Crippen LogP contribution in [0.4, 0.5) is 14.6 Å². The maximum atomic E-state index is 13.7. The van der Waals surface area contributed by atoms with E-state index in [0.29, 0.717) is 24.2 Å². The number of aromatic nitrogens is 4. The smallest absolute Gasteiger partial charge is 0.243 e. The molecule has 1 unspecified atom stereocenters. The third kappa shape index (κ3) is 3.87. The molecule has 0 aliphatic heterocycles. The van der Waals surface area contributed by atoms with E-state index in [2.05, 4.69) is 20.4 Å². The molecular formula is C17H18ClF2N5. The number of halogens is 3. The molecule has 0 saturated heterocycles. The predicted molar refractivity (Wildman–Crippen MR) is 93.1 cm³/mol. The molecule has 0 amide bonds. The van der Waals surface area contributed by atoms with Crippen LogP contribution in [0.3, 0.4) is 0 Å². The molecule has 25 heavy (non-hydrogen) atoms. The van der Waals surface area contributed by atoms with Crippen LogP contribution in [0.1, 0.15) is 30.2 Å². The predicted octanol–water partition coefficient (Wildman–Crippen LogP) is 4.13. The highest BCUT2D eigenvalue weighted by Crippen LogP contribution is 2.24. The Morgan fingerprint density at radius 2 is 2.16 bits per heavy atom. The summed E-state index contributed by atoms with van der Waals surface area (Å²) in [5.74, 6) is 0.106. The van der Waals surface area contributed by atoms with Gasteiger partial charge in [-0.2, -0.15) is 4.98 Å². The van der Waals surface area contributed by atoms with Gasteiger partial charge in [-0.25, -0.2) is 13.3 Å². The van der Waals surface area contributed by atoms with E-state index < -0.39 is 12.0 Å². The molecule has 3 heterocycles. The largest absolute Gasteiger partial charge is 0.364 e. The van der Waals surface area contributed by atoms with Gasteiger partial charge in [0.1, 0.15) is 11.3 Å². The third-order valence-electron chi connectivity index (χ3n) is 4.06. The van der Waals surface area contributed by atoms with Crippen molar-refractivity contribution in [3.8, 4) is 0 Å². The number of hydrogen-bond acceptors (Lipinski definition) is 4. The van der Waals surface area contributed by atoms with E-state index in [9.17, 15) is 8.78 Å². The summed E-state index contributed by atoms with van der Waals surface area (Å²) in [4.78, 5) is 7.94. The number of nitrogens with one attached hydrogen (secondary N) is 1. The van der Waals surface area contributed by atoms with Crippen molar-refractivity contribution in [3.63, 3.8) is 0 Å². The molecule has 1 atom stereocenters. The van der Waals surface area contributed by atoms with Gasteiger partial charge in [-0.1, -0.05) is 0 Å².